The van der Waals surface area contributed by atoms with Crippen LogP contribution < -0.4 is 0 Å². The molecule has 0 amide bonds. The highest BCUT2D eigenvalue weighted by molar-refractivity contribution is 5.94. The Morgan fingerprint density at radius 2 is 1.95 bits per heavy atom. The summed E-state index contributed by atoms with van der Waals surface area (Å²) in [7, 11) is 1.38. The standard InChI is InChI=1S/C17H16N2O2/c1-11-5-4-6-14(9-11)19-12(2)18-15-10-13(17(20)21-3)7-8-16(15)19/h4-10H,1-3H3. The van der Waals surface area contributed by atoms with E-state index in [1.807, 2.05) is 19.1 Å². The van der Waals surface area contributed by atoms with E-state index in [0.717, 1.165) is 22.5 Å². The van der Waals surface area contributed by atoms with E-state index in [2.05, 4.69) is 34.7 Å². The van der Waals surface area contributed by atoms with Gasteiger partial charge in [-0.15, -0.1) is 0 Å². The molecular formula is C17H16N2O2. The number of hydrogen-bond acceptors (Lipinski definition) is 3. The van der Waals surface area contributed by atoms with Gasteiger partial charge in [0.1, 0.15) is 5.82 Å². The lowest BCUT2D eigenvalue weighted by Crippen LogP contribution is -2.01. The number of ether oxygens (including phenoxy) is 1. The van der Waals surface area contributed by atoms with Gasteiger partial charge >= 0.3 is 5.97 Å². The van der Waals surface area contributed by atoms with Gasteiger partial charge in [0.25, 0.3) is 0 Å². The highest BCUT2D eigenvalue weighted by atomic mass is 16.5. The number of imidazole rings is 1. The molecular weight excluding hydrogens is 264 g/mol. The molecule has 4 heteroatoms. The molecule has 0 N–H and O–H groups in total. The third-order valence-electron chi connectivity index (χ3n) is 3.50. The number of methoxy groups -OCH3 is 1. The summed E-state index contributed by atoms with van der Waals surface area (Å²) >= 11 is 0. The Balaban J connectivity index is 2.20. The first-order valence-corrected chi connectivity index (χ1v) is 6.74. The van der Waals surface area contributed by atoms with Gasteiger partial charge in [-0.2, -0.15) is 0 Å². The second-order valence-electron chi connectivity index (χ2n) is 5.03. The van der Waals surface area contributed by atoms with Gasteiger partial charge in [0.05, 0.1) is 23.7 Å². The number of hydrogen-bond donors (Lipinski definition) is 0. The predicted molar refractivity (Wildman–Crippen MR) is 81.9 cm³/mol. The monoisotopic (exact) mass is 280 g/mol. The van der Waals surface area contributed by atoms with Crippen molar-refractivity contribution in [3.05, 3.63) is 59.4 Å². The van der Waals surface area contributed by atoms with Crippen LogP contribution in [0.25, 0.3) is 16.7 Å². The molecule has 0 spiro atoms. The molecule has 1 aromatic heterocycles. The van der Waals surface area contributed by atoms with Crippen molar-refractivity contribution >= 4 is 17.0 Å². The summed E-state index contributed by atoms with van der Waals surface area (Å²) in [6.07, 6.45) is 0. The van der Waals surface area contributed by atoms with Gasteiger partial charge in [-0.25, -0.2) is 9.78 Å². The zero-order valence-electron chi connectivity index (χ0n) is 12.3. The zero-order valence-corrected chi connectivity index (χ0v) is 12.3. The minimum Gasteiger partial charge on any atom is -0.465 e. The summed E-state index contributed by atoms with van der Waals surface area (Å²) in [4.78, 5) is 16.2. The molecule has 1 heterocycles. The van der Waals surface area contributed by atoms with Crippen LogP contribution in [0.3, 0.4) is 0 Å². The van der Waals surface area contributed by atoms with Crippen LogP contribution in [0, 0.1) is 13.8 Å². The lowest BCUT2D eigenvalue weighted by Gasteiger charge is -2.08. The first-order valence-electron chi connectivity index (χ1n) is 6.74. The molecule has 0 bridgehead atoms. The molecule has 0 fully saturated rings. The third kappa shape index (κ3) is 2.29. The van der Waals surface area contributed by atoms with Gasteiger partial charge in [-0.1, -0.05) is 12.1 Å². The normalized spacial score (nSPS) is 10.8. The van der Waals surface area contributed by atoms with Gasteiger partial charge in [0.2, 0.25) is 0 Å². The topological polar surface area (TPSA) is 44.1 Å². The Morgan fingerprint density at radius 3 is 2.67 bits per heavy atom. The minimum absolute atomic E-state index is 0.348. The molecule has 0 radical (unpaired) electrons. The van der Waals surface area contributed by atoms with Gasteiger partial charge in [0, 0.05) is 5.69 Å². The third-order valence-corrected chi connectivity index (χ3v) is 3.50. The summed E-state index contributed by atoms with van der Waals surface area (Å²) in [6, 6.07) is 13.7. The van der Waals surface area contributed by atoms with E-state index in [1.54, 1.807) is 12.1 Å². The summed E-state index contributed by atoms with van der Waals surface area (Å²) in [5.41, 5.74) is 4.54. The second-order valence-corrected chi connectivity index (χ2v) is 5.03. The lowest BCUT2D eigenvalue weighted by atomic mass is 10.2. The maximum absolute atomic E-state index is 11.6. The smallest absolute Gasteiger partial charge is 0.337 e. The van der Waals surface area contributed by atoms with E-state index in [-0.39, 0.29) is 5.97 Å². The number of aromatic nitrogens is 2. The number of nitrogens with zero attached hydrogens (tertiary/aromatic N) is 2. The van der Waals surface area contributed by atoms with E-state index in [9.17, 15) is 4.79 Å². The fourth-order valence-electron chi connectivity index (χ4n) is 2.54. The average Bonchev–Trinajstić information content (AvgIpc) is 2.81. The largest absolute Gasteiger partial charge is 0.465 e. The van der Waals surface area contributed by atoms with Crippen molar-refractivity contribution in [1.29, 1.82) is 0 Å². The summed E-state index contributed by atoms with van der Waals surface area (Å²) in [5, 5.41) is 0. The van der Waals surface area contributed by atoms with Crippen molar-refractivity contribution in [3.63, 3.8) is 0 Å². The zero-order chi connectivity index (χ0) is 15.0. The first-order chi connectivity index (χ1) is 10.1. The summed E-state index contributed by atoms with van der Waals surface area (Å²) in [5.74, 6) is 0.539. The predicted octanol–water partition coefficient (Wildman–Crippen LogP) is 3.43. The van der Waals surface area contributed by atoms with Crippen molar-refractivity contribution in [3.8, 4) is 5.69 Å². The molecule has 0 unspecified atom stereocenters. The van der Waals surface area contributed by atoms with Crippen LogP contribution in [0.1, 0.15) is 21.7 Å². The first kappa shape index (κ1) is 13.4. The van der Waals surface area contributed by atoms with Gasteiger partial charge in [-0.3, -0.25) is 4.57 Å². The molecule has 3 rings (SSSR count). The number of aryl methyl sites for hydroxylation is 2. The molecule has 0 saturated carbocycles. The molecule has 21 heavy (non-hydrogen) atoms. The summed E-state index contributed by atoms with van der Waals surface area (Å²) < 4.78 is 6.84. The Hall–Kier alpha value is -2.62. The van der Waals surface area contributed by atoms with Crippen LogP contribution in [0.5, 0.6) is 0 Å². The fourth-order valence-corrected chi connectivity index (χ4v) is 2.54. The van der Waals surface area contributed by atoms with Crippen molar-refractivity contribution in [2.45, 2.75) is 13.8 Å². The molecule has 106 valence electrons. The molecule has 2 aromatic carbocycles. The number of benzene rings is 2. The number of rotatable bonds is 2. The average molecular weight is 280 g/mol. The van der Waals surface area contributed by atoms with Crippen molar-refractivity contribution in [2.24, 2.45) is 0 Å². The molecule has 0 saturated heterocycles. The molecule has 4 nitrogen and oxygen atoms in total. The maximum atomic E-state index is 11.6. The van der Waals surface area contributed by atoms with Crippen LogP contribution in [0.4, 0.5) is 0 Å². The number of fused-ring (bicyclic) bond motifs is 1. The number of esters is 1. The van der Waals surface area contributed by atoms with Gasteiger partial charge < -0.3 is 4.74 Å². The van der Waals surface area contributed by atoms with E-state index in [1.165, 1.54) is 12.7 Å². The van der Waals surface area contributed by atoms with E-state index in [0.29, 0.717) is 5.56 Å². The summed E-state index contributed by atoms with van der Waals surface area (Å²) in [6.45, 7) is 4.02. The van der Waals surface area contributed by atoms with E-state index < -0.39 is 0 Å². The molecule has 3 aromatic rings. The Bertz CT molecular complexity index is 834. The highest BCUT2D eigenvalue weighted by Crippen LogP contribution is 2.23. The highest BCUT2D eigenvalue weighted by Gasteiger charge is 2.12. The SMILES string of the molecule is COC(=O)c1ccc2c(c1)nc(C)n2-c1cccc(C)c1. The van der Waals surface area contributed by atoms with Crippen molar-refractivity contribution in [1.82, 2.24) is 9.55 Å². The number of carbonyl (C=O) groups excluding carboxylic acids is 1. The van der Waals surface area contributed by atoms with E-state index >= 15 is 0 Å². The molecule has 0 atom stereocenters. The van der Waals surface area contributed by atoms with Crippen molar-refractivity contribution in [2.75, 3.05) is 7.11 Å². The molecule has 0 aliphatic rings. The van der Waals surface area contributed by atoms with Crippen LogP contribution in [-0.4, -0.2) is 22.6 Å². The lowest BCUT2D eigenvalue weighted by molar-refractivity contribution is 0.0601. The fraction of sp³-hybridized carbons (Fsp3) is 0.176. The van der Waals surface area contributed by atoms with Crippen LogP contribution in [-0.2, 0) is 4.74 Å². The van der Waals surface area contributed by atoms with Crippen LogP contribution >= 0.6 is 0 Å². The van der Waals surface area contributed by atoms with Gasteiger partial charge in [-0.05, 0) is 49.7 Å². The Morgan fingerprint density at radius 1 is 1.14 bits per heavy atom. The van der Waals surface area contributed by atoms with E-state index in [4.69, 9.17) is 4.74 Å². The van der Waals surface area contributed by atoms with Crippen molar-refractivity contribution < 1.29 is 9.53 Å². The molecule has 0 aliphatic heterocycles. The minimum atomic E-state index is -0.348. The Labute approximate surface area is 123 Å². The van der Waals surface area contributed by atoms with Crippen LogP contribution in [0.15, 0.2) is 42.5 Å². The van der Waals surface area contributed by atoms with Gasteiger partial charge in [0.15, 0.2) is 0 Å². The molecule has 0 aliphatic carbocycles. The maximum Gasteiger partial charge on any atom is 0.337 e. The quantitative estimate of drug-likeness (QED) is 0.675. The number of carbonyl (C=O) groups is 1. The Kier molecular flexibility index (Phi) is 3.22. The van der Waals surface area contributed by atoms with Crippen LogP contribution in [0.2, 0.25) is 0 Å². The second kappa shape index (κ2) is 5.05.